The molecule has 0 aliphatic carbocycles. The summed E-state index contributed by atoms with van der Waals surface area (Å²) in [6, 6.07) is 8.89. The van der Waals surface area contributed by atoms with Crippen LogP contribution in [0.2, 0.25) is 0 Å². The number of guanidine groups is 1. The Morgan fingerprint density at radius 3 is 2.30 bits per heavy atom. The molecule has 0 saturated carbocycles. The lowest BCUT2D eigenvalue weighted by Crippen LogP contribution is -2.38. The van der Waals surface area contributed by atoms with E-state index in [1.54, 1.807) is 0 Å². The summed E-state index contributed by atoms with van der Waals surface area (Å²) in [5, 5.41) is 14.9. The van der Waals surface area contributed by atoms with Crippen LogP contribution in [0.1, 0.15) is 50.5 Å². The molecule has 0 saturated heterocycles. The molecule has 6 nitrogen and oxygen atoms in total. The van der Waals surface area contributed by atoms with Crippen LogP contribution in [0, 0.1) is 6.92 Å². The molecule has 1 aromatic carbocycles. The first-order valence-electron chi connectivity index (χ1n) is 9.27. The predicted molar refractivity (Wildman–Crippen MR) is 123 cm³/mol. The number of aromatic nitrogens is 3. The summed E-state index contributed by atoms with van der Waals surface area (Å²) >= 11 is 0. The lowest BCUT2D eigenvalue weighted by atomic mass is 9.86. The summed E-state index contributed by atoms with van der Waals surface area (Å²) < 4.78 is 1.96. The van der Waals surface area contributed by atoms with E-state index >= 15 is 0 Å². The lowest BCUT2D eigenvalue weighted by Gasteiger charge is -2.19. The number of aliphatic imine (C=N–C) groups is 1. The average molecular weight is 484 g/mol. The maximum Gasteiger partial charge on any atom is 0.191 e. The lowest BCUT2D eigenvalue weighted by molar-refractivity contribution is 0.590. The summed E-state index contributed by atoms with van der Waals surface area (Å²) in [6.45, 7) is 12.9. The maximum absolute atomic E-state index is 4.61. The number of nitrogens with zero attached hydrogens (tertiary/aromatic N) is 4. The van der Waals surface area contributed by atoms with Gasteiger partial charge >= 0.3 is 0 Å². The van der Waals surface area contributed by atoms with Crippen LogP contribution in [0.5, 0.6) is 0 Å². The molecule has 0 bridgehead atoms. The molecule has 2 rings (SSSR count). The van der Waals surface area contributed by atoms with Crippen LogP contribution >= 0.6 is 24.0 Å². The second-order valence-corrected chi connectivity index (χ2v) is 7.54. The standard InChI is InChI=1S/C20H32N6.HI/c1-7-21-19(23-14-18-25-24-15(2)26(18)6)22-13-12-16-8-10-17(11-9-16)20(3,4)5;/h8-11H,7,12-14H2,1-6H3,(H2,21,22,23);1H. The second-order valence-electron chi connectivity index (χ2n) is 7.54. The van der Waals surface area contributed by atoms with Gasteiger partial charge in [0.05, 0.1) is 0 Å². The van der Waals surface area contributed by atoms with Crippen LogP contribution in [0.3, 0.4) is 0 Å². The summed E-state index contributed by atoms with van der Waals surface area (Å²) in [5.74, 6) is 2.56. The summed E-state index contributed by atoms with van der Waals surface area (Å²) in [5.41, 5.74) is 2.88. The highest BCUT2D eigenvalue weighted by molar-refractivity contribution is 14.0. The Bertz CT molecular complexity index is 728. The minimum Gasteiger partial charge on any atom is -0.357 e. The zero-order chi connectivity index (χ0) is 19.2. The molecule has 0 aliphatic heterocycles. The van der Waals surface area contributed by atoms with E-state index in [2.05, 4.69) is 77.8 Å². The van der Waals surface area contributed by atoms with Gasteiger partial charge in [-0.15, -0.1) is 34.2 Å². The zero-order valence-corrected chi connectivity index (χ0v) is 19.7. The van der Waals surface area contributed by atoms with Gasteiger partial charge in [-0.1, -0.05) is 45.0 Å². The van der Waals surface area contributed by atoms with E-state index in [1.807, 2.05) is 18.5 Å². The van der Waals surface area contributed by atoms with E-state index in [0.717, 1.165) is 37.1 Å². The number of hydrogen-bond donors (Lipinski definition) is 2. The fourth-order valence-corrected chi connectivity index (χ4v) is 2.58. The Hall–Kier alpha value is -1.64. The normalized spacial score (nSPS) is 11.9. The molecular weight excluding hydrogens is 451 g/mol. The SMILES string of the molecule is CCNC(=NCc1nnc(C)n1C)NCCc1ccc(C(C)(C)C)cc1.I. The van der Waals surface area contributed by atoms with Gasteiger partial charge in [0.15, 0.2) is 11.8 Å². The molecule has 0 fully saturated rings. The van der Waals surface area contributed by atoms with Crippen LogP contribution in [0.4, 0.5) is 0 Å². The number of halogens is 1. The van der Waals surface area contributed by atoms with Gasteiger partial charge in [0.25, 0.3) is 0 Å². The van der Waals surface area contributed by atoms with E-state index in [-0.39, 0.29) is 29.4 Å². The monoisotopic (exact) mass is 484 g/mol. The molecule has 7 heteroatoms. The zero-order valence-electron chi connectivity index (χ0n) is 17.3. The van der Waals surface area contributed by atoms with Crippen molar-refractivity contribution in [3.63, 3.8) is 0 Å². The first-order chi connectivity index (χ1) is 12.3. The van der Waals surface area contributed by atoms with Crippen molar-refractivity contribution < 1.29 is 0 Å². The second kappa shape index (κ2) is 10.6. The molecule has 0 radical (unpaired) electrons. The molecule has 1 heterocycles. The number of aryl methyl sites for hydroxylation is 1. The molecule has 0 atom stereocenters. The number of benzene rings is 1. The quantitative estimate of drug-likeness (QED) is 0.375. The average Bonchev–Trinajstić information content (AvgIpc) is 2.91. The molecular formula is C20H33IN6. The smallest absolute Gasteiger partial charge is 0.191 e. The van der Waals surface area contributed by atoms with Crippen LogP contribution in [0.25, 0.3) is 0 Å². The topological polar surface area (TPSA) is 67.1 Å². The van der Waals surface area contributed by atoms with Crippen molar-refractivity contribution in [2.24, 2.45) is 12.0 Å². The van der Waals surface area contributed by atoms with Gasteiger partial charge in [0, 0.05) is 20.1 Å². The largest absolute Gasteiger partial charge is 0.357 e. The molecule has 1 aromatic heterocycles. The van der Waals surface area contributed by atoms with Gasteiger partial charge in [-0.25, -0.2) is 4.99 Å². The molecule has 2 N–H and O–H groups in total. The Morgan fingerprint density at radius 1 is 1.11 bits per heavy atom. The molecule has 150 valence electrons. The van der Waals surface area contributed by atoms with Crippen molar-refractivity contribution in [1.29, 1.82) is 0 Å². The molecule has 0 spiro atoms. The van der Waals surface area contributed by atoms with Crippen molar-refractivity contribution in [2.75, 3.05) is 13.1 Å². The van der Waals surface area contributed by atoms with Crippen molar-refractivity contribution in [3.05, 3.63) is 47.0 Å². The third-order valence-corrected chi connectivity index (χ3v) is 4.43. The fourth-order valence-electron chi connectivity index (χ4n) is 2.58. The van der Waals surface area contributed by atoms with E-state index in [9.17, 15) is 0 Å². The van der Waals surface area contributed by atoms with E-state index < -0.39 is 0 Å². The van der Waals surface area contributed by atoms with Gasteiger partial charge in [-0.2, -0.15) is 0 Å². The first-order valence-corrected chi connectivity index (χ1v) is 9.27. The summed E-state index contributed by atoms with van der Waals surface area (Å²) in [4.78, 5) is 4.61. The third kappa shape index (κ3) is 7.12. The highest BCUT2D eigenvalue weighted by atomic mass is 127. The maximum atomic E-state index is 4.61. The van der Waals surface area contributed by atoms with Crippen molar-refractivity contribution in [3.8, 4) is 0 Å². The molecule has 0 amide bonds. The number of hydrogen-bond acceptors (Lipinski definition) is 3. The minimum atomic E-state index is 0. The van der Waals surface area contributed by atoms with E-state index in [0.29, 0.717) is 6.54 Å². The molecule has 2 aromatic rings. The van der Waals surface area contributed by atoms with Gasteiger partial charge in [0.2, 0.25) is 0 Å². The highest BCUT2D eigenvalue weighted by Crippen LogP contribution is 2.22. The molecule has 0 aliphatic rings. The fraction of sp³-hybridized carbons (Fsp3) is 0.550. The predicted octanol–water partition coefficient (Wildman–Crippen LogP) is 3.34. The number of nitrogens with one attached hydrogen (secondary N) is 2. The number of rotatable bonds is 6. The third-order valence-electron chi connectivity index (χ3n) is 4.43. The Labute approximate surface area is 180 Å². The Kier molecular flexibility index (Phi) is 9.21. The Morgan fingerprint density at radius 2 is 1.78 bits per heavy atom. The minimum absolute atomic E-state index is 0. The van der Waals surface area contributed by atoms with Crippen LogP contribution in [0.15, 0.2) is 29.3 Å². The summed E-state index contributed by atoms with van der Waals surface area (Å²) in [7, 11) is 1.96. The van der Waals surface area contributed by atoms with Gasteiger partial charge < -0.3 is 15.2 Å². The van der Waals surface area contributed by atoms with Crippen molar-refractivity contribution in [1.82, 2.24) is 25.4 Å². The van der Waals surface area contributed by atoms with Gasteiger partial charge in [-0.05, 0) is 36.8 Å². The highest BCUT2D eigenvalue weighted by Gasteiger charge is 2.12. The van der Waals surface area contributed by atoms with E-state index in [1.165, 1.54) is 11.1 Å². The van der Waals surface area contributed by atoms with E-state index in [4.69, 9.17) is 0 Å². The molecule has 0 unspecified atom stereocenters. The van der Waals surface area contributed by atoms with Crippen molar-refractivity contribution >= 4 is 29.9 Å². The van der Waals surface area contributed by atoms with Crippen molar-refractivity contribution in [2.45, 2.75) is 53.0 Å². The van der Waals surface area contributed by atoms with Crippen LogP contribution in [-0.4, -0.2) is 33.8 Å². The Balaban J connectivity index is 0.00000364. The van der Waals surface area contributed by atoms with Gasteiger partial charge in [0.1, 0.15) is 12.4 Å². The van der Waals surface area contributed by atoms with Crippen LogP contribution < -0.4 is 10.6 Å². The molecule has 27 heavy (non-hydrogen) atoms. The van der Waals surface area contributed by atoms with Crippen LogP contribution in [-0.2, 0) is 25.4 Å². The van der Waals surface area contributed by atoms with Gasteiger partial charge in [-0.3, -0.25) is 0 Å². The first kappa shape index (κ1) is 23.4. The summed E-state index contributed by atoms with van der Waals surface area (Å²) in [6.07, 6.45) is 0.956.